The molecule has 1 N–H and O–H groups in total. The molecule has 0 spiro atoms. The first-order valence-electron chi connectivity index (χ1n) is 9.32. The van der Waals surface area contributed by atoms with Crippen LogP contribution >= 0.6 is 0 Å². The average Bonchev–Trinajstić information content (AvgIpc) is 3.12. The molecular formula is C21H25N3O3. The highest BCUT2D eigenvalue weighted by Crippen LogP contribution is 2.37. The lowest BCUT2D eigenvalue weighted by atomic mass is 9.99. The zero-order valence-electron chi connectivity index (χ0n) is 15.5. The van der Waals surface area contributed by atoms with Gasteiger partial charge >= 0.3 is 0 Å². The van der Waals surface area contributed by atoms with Crippen molar-refractivity contribution in [2.75, 3.05) is 39.5 Å². The highest BCUT2D eigenvalue weighted by atomic mass is 16.5. The molecule has 1 atom stereocenters. The van der Waals surface area contributed by atoms with Crippen LogP contribution in [0.3, 0.4) is 0 Å². The number of aromatic nitrogens is 2. The molecule has 0 aliphatic carbocycles. The van der Waals surface area contributed by atoms with Gasteiger partial charge in [0.05, 0.1) is 19.4 Å². The molecule has 6 heteroatoms. The van der Waals surface area contributed by atoms with E-state index in [0.717, 1.165) is 54.0 Å². The second-order valence-electron chi connectivity index (χ2n) is 6.94. The van der Waals surface area contributed by atoms with Crippen molar-refractivity contribution in [3.8, 4) is 16.9 Å². The monoisotopic (exact) mass is 367 g/mol. The van der Waals surface area contributed by atoms with Crippen LogP contribution in [0.5, 0.6) is 5.75 Å². The molecule has 0 amide bonds. The lowest BCUT2D eigenvalue weighted by Gasteiger charge is -2.28. The van der Waals surface area contributed by atoms with Gasteiger partial charge in [0.25, 0.3) is 0 Å². The number of benzene rings is 2. The molecule has 142 valence electrons. The van der Waals surface area contributed by atoms with Crippen molar-refractivity contribution < 1.29 is 14.6 Å². The number of nitrogens with zero attached hydrogens (tertiary/aromatic N) is 3. The molecule has 1 saturated heterocycles. The normalized spacial score (nSPS) is 16.5. The molecule has 1 aliphatic heterocycles. The van der Waals surface area contributed by atoms with Gasteiger partial charge in [-0.25, -0.2) is 0 Å². The minimum Gasteiger partial charge on any atom is -0.490 e. The molecule has 2 heterocycles. The average molecular weight is 367 g/mol. The molecule has 6 nitrogen and oxygen atoms in total. The topological polar surface area (TPSA) is 59.8 Å². The van der Waals surface area contributed by atoms with Gasteiger partial charge in [-0.2, -0.15) is 5.10 Å². The summed E-state index contributed by atoms with van der Waals surface area (Å²) in [7, 11) is 1.90. The van der Waals surface area contributed by atoms with Gasteiger partial charge < -0.3 is 14.6 Å². The Labute approximate surface area is 158 Å². The Bertz CT molecular complexity index is 903. The van der Waals surface area contributed by atoms with E-state index in [1.165, 1.54) is 0 Å². The van der Waals surface area contributed by atoms with Crippen molar-refractivity contribution in [3.05, 3.63) is 48.8 Å². The number of hydrogen-bond donors (Lipinski definition) is 1. The van der Waals surface area contributed by atoms with Crippen LogP contribution in [0.15, 0.2) is 48.8 Å². The Kier molecular flexibility index (Phi) is 5.38. The summed E-state index contributed by atoms with van der Waals surface area (Å²) in [4.78, 5) is 2.21. The van der Waals surface area contributed by atoms with E-state index in [4.69, 9.17) is 9.47 Å². The summed E-state index contributed by atoms with van der Waals surface area (Å²) in [6.07, 6.45) is 3.29. The molecular weight excluding hydrogens is 342 g/mol. The highest BCUT2D eigenvalue weighted by Gasteiger charge is 2.17. The first kappa shape index (κ1) is 18.0. The van der Waals surface area contributed by atoms with E-state index < -0.39 is 6.10 Å². The number of ether oxygens (including phenoxy) is 2. The Morgan fingerprint density at radius 1 is 1.19 bits per heavy atom. The van der Waals surface area contributed by atoms with Crippen molar-refractivity contribution in [3.63, 3.8) is 0 Å². The summed E-state index contributed by atoms with van der Waals surface area (Å²) in [5.74, 6) is 0.766. The fraction of sp³-hybridized carbons (Fsp3) is 0.381. The summed E-state index contributed by atoms with van der Waals surface area (Å²) in [6, 6.07) is 12.3. The van der Waals surface area contributed by atoms with E-state index in [0.29, 0.717) is 6.54 Å². The van der Waals surface area contributed by atoms with Crippen LogP contribution in [-0.4, -0.2) is 65.3 Å². The molecule has 4 rings (SSSR count). The van der Waals surface area contributed by atoms with Crippen molar-refractivity contribution in [2.24, 2.45) is 7.05 Å². The molecule has 2 aromatic carbocycles. The molecule has 0 saturated carbocycles. The fourth-order valence-corrected chi connectivity index (χ4v) is 3.54. The Morgan fingerprint density at radius 2 is 2.00 bits per heavy atom. The van der Waals surface area contributed by atoms with Crippen molar-refractivity contribution in [2.45, 2.75) is 6.10 Å². The molecule has 1 aliphatic rings. The van der Waals surface area contributed by atoms with Crippen LogP contribution in [0.1, 0.15) is 0 Å². The summed E-state index contributed by atoms with van der Waals surface area (Å²) >= 11 is 0. The number of morpholine rings is 1. The number of aryl methyl sites for hydroxylation is 1. The Balaban J connectivity index is 1.56. The van der Waals surface area contributed by atoms with Crippen molar-refractivity contribution >= 4 is 10.8 Å². The predicted molar refractivity (Wildman–Crippen MR) is 105 cm³/mol. The number of aliphatic hydroxyl groups is 1. The fourth-order valence-electron chi connectivity index (χ4n) is 3.54. The van der Waals surface area contributed by atoms with Crippen LogP contribution < -0.4 is 4.74 Å². The van der Waals surface area contributed by atoms with Crippen LogP contribution in [0, 0.1) is 0 Å². The third-order valence-corrected chi connectivity index (χ3v) is 4.89. The minimum atomic E-state index is -0.545. The van der Waals surface area contributed by atoms with Gasteiger partial charge in [0, 0.05) is 44.0 Å². The van der Waals surface area contributed by atoms with Gasteiger partial charge in [-0.3, -0.25) is 9.58 Å². The smallest absolute Gasteiger partial charge is 0.128 e. The number of β-amino-alcohol motifs (C(OH)–C–C–N with tert-alkyl or cyclic N) is 1. The summed E-state index contributed by atoms with van der Waals surface area (Å²) in [6.45, 7) is 4.01. The minimum absolute atomic E-state index is 0.253. The first-order chi connectivity index (χ1) is 13.2. The summed E-state index contributed by atoms with van der Waals surface area (Å²) < 4.78 is 13.2. The lowest BCUT2D eigenvalue weighted by molar-refractivity contribution is 0.00472. The third-order valence-electron chi connectivity index (χ3n) is 4.89. The maximum Gasteiger partial charge on any atom is 0.128 e. The van der Waals surface area contributed by atoms with Gasteiger partial charge in [0.15, 0.2) is 0 Å². The molecule has 1 aromatic heterocycles. The highest BCUT2D eigenvalue weighted by molar-refractivity contribution is 5.99. The summed E-state index contributed by atoms with van der Waals surface area (Å²) in [5, 5.41) is 17.0. The predicted octanol–water partition coefficient (Wildman–Crippen LogP) is 2.31. The van der Waals surface area contributed by atoms with E-state index in [1.807, 2.05) is 37.6 Å². The van der Waals surface area contributed by atoms with Gasteiger partial charge in [-0.1, -0.05) is 30.3 Å². The molecule has 27 heavy (non-hydrogen) atoms. The van der Waals surface area contributed by atoms with Crippen LogP contribution in [0.25, 0.3) is 21.9 Å². The molecule has 0 radical (unpaired) electrons. The Morgan fingerprint density at radius 3 is 2.78 bits per heavy atom. The van der Waals surface area contributed by atoms with Gasteiger partial charge in [-0.05, 0) is 16.8 Å². The lowest BCUT2D eigenvalue weighted by Crippen LogP contribution is -2.42. The van der Waals surface area contributed by atoms with Crippen LogP contribution in [0.2, 0.25) is 0 Å². The van der Waals surface area contributed by atoms with Crippen molar-refractivity contribution in [1.29, 1.82) is 0 Å². The number of fused-ring (bicyclic) bond motifs is 1. The first-order valence-corrected chi connectivity index (χ1v) is 9.32. The zero-order valence-corrected chi connectivity index (χ0v) is 15.5. The van der Waals surface area contributed by atoms with Gasteiger partial charge in [0.2, 0.25) is 0 Å². The van der Waals surface area contributed by atoms with Gasteiger partial charge in [0.1, 0.15) is 18.5 Å². The number of aliphatic hydroxyl groups excluding tert-OH is 1. The second-order valence-corrected chi connectivity index (χ2v) is 6.94. The van der Waals surface area contributed by atoms with E-state index in [2.05, 4.69) is 28.2 Å². The maximum atomic E-state index is 10.4. The molecule has 1 unspecified atom stereocenters. The van der Waals surface area contributed by atoms with Crippen LogP contribution in [0.4, 0.5) is 0 Å². The van der Waals surface area contributed by atoms with E-state index in [9.17, 15) is 5.11 Å². The SMILES string of the molecule is Cn1cc(-c2c(OCC(O)CN3CCOCC3)ccc3ccccc23)cn1. The summed E-state index contributed by atoms with van der Waals surface area (Å²) in [5.41, 5.74) is 2.02. The van der Waals surface area contributed by atoms with Crippen molar-refractivity contribution in [1.82, 2.24) is 14.7 Å². The van der Waals surface area contributed by atoms with E-state index >= 15 is 0 Å². The molecule has 0 bridgehead atoms. The maximum absolute atomic E-state index is 10.4. The van der Waals surface area contributed by atoms with E-state index in [-0.39, 0.29) is 6.61 Å². The van der Waals surface area contributed by atoms with Gasteiger partial charge in [-0.15, -0.1) is 0 Å². The standard InChI is InChI=1S/C21H25N3O3/c1-23-13-17(12-22-23)21-19-5-3-2-4-16(19)6-7-20(21)27-15-18(25)14-24-8-10-26-11-9-24/h2-7,12-13,18,25H,8-11,14-15H2,1H3. The third kappa shape index (κ3) is 4.13. The molecule has 1 fully saturated rings. The van der Waals surface area contributed by atoms with Crippen LogP contribution in [-0.2, 0) is 11.8 Å². The Hall–Kier alpha value is -2.41. The number of rotatable bonds is 6. The molecule has 3 aromatic rings. The largest absolute Gasteiger partial charge is 0.490 e. The van der Waals surface area contributed by atoms with E-state index in [1.54, 1.807) is 4.68 Å². The zero-order chi connectivity index (χ0) is 18.6. The number of hydrogen-bond acceptors (Lipinski definition) is 5. The quantitative estimate of drug-likeness (QED) is 0.725. The second kappa shape index (κ2) is 8.08.